The lowest BCUT2D eigenvalue weighted by molar-refractivity contribution is 1.48. The fourth-order valence-corrected chi connectivity index (χ4v) is 1.24. The van der Waals surface area contributed by atoms with E-state index in [0.29, 0.717) is 11.7 Å². The van der Waals surface area contributed by atoms with Gasteiger partial charge in [0.25, 0.3) is 0 Å². The molecular formula is C12H11N3. The molecule has 0 bridgehead atoms. The van der Waals surface area contributed by atoms with Crippen LogP contribution in [-0.4, -0.2) is 11.7 Å². The van der Waals surface area contributed by atoms with Crippen LogP contribution in [0.3, 0.4) is 0 Å². The largest absolute Gasteiger partial charge is 0.383 e. The van der Waals surface area contributed by atoms with E-state index in [1.54, 1.807) is 12.3 Å². The third kappa shape index (κ3) is 2.02. The Morgan fingerprint density at radius 1 is 1.27 bits per heavy atom. The summed E-state index contributed by atoms with van der Waals surface area (Å²) in [6, 6.07) is 9.59. The van der Waals surface area contributed by atoms with Crippen LogP contribution in [0.15, 0.2) is 64.7 Å². The highest BCUT2D eigenvalue weighted by atomic mass is 15.0. The summed E-state index contributed by atoms with van der Waals surface area (Å²) < 4.78 is 0. The first-order valence-electron chi connectivity index (χ1n) is 4.60. The minimum absolute atomic E-state index is 0.458. The van der Waals surface area contributed by atoms with Gasteiger partial charge in [-0.05, 0) is 6.08 Å². The average Bonchev–Trinajstić information content (AvgIpc) is 2.66. The molecule has 0 aliphatic carbocycles. The molecule has 2 N–H and O–H groups in total. The van der Waals surface area contributed by atoms with E-state index in [9.17, 15) is 0 Å². The van der Waals surface area contributed by atoms with Gasteiger partial charge in [0, 0.05) is 17.3 Å². The van der Waals surface area contributed by atoms with Crippen molar-refractivity contribution in [2.75, 3.05) is 0 Å². The number of amidine groups is 2. The van der Waals surface area contributed by atoms with E-state index in [2.05, 4.69) is 16.6 Å². The van der Waals surface area contributed by atoms with Crippen LogP contribution in [0.4, 0.5) is 0 Å². The Morgan fingerprint density at radius 3 is 2.60 bits per heavy atom. The van der Waals surface area contributed by atoms with Crippen molar-refractivity contribution in [2.24, 2.45) is 15.7 Å². The van der Waals surface area contributed by atoms with Gasteiger partial charge in [-0.3, -0.25) is 0 Å². The monoisotopic (exact) mass is 197 g/mol. The lowest BCUT2D eigenvalue weighted by atomic mass is 10.2. The standard InChI is InChI=1S/C12H11N3/c1-9-7-8-14-12(9)15-11(13)10-5-3-2-4-6-10/h2-8H,1H2,(H2,13,14,15). The number of aliphatic imine (C=N–C) groups is 2. The Bertz CT molecular complexity index is 467. The predicted molar refractivity (Wildman–Crippen MR) is 62.9 cm³/mol. The number of hydrogen-bond donors (Lipinski definition) is 1. The minimum atomic E-state index is 0.458. The maximum atomic E-state index is 5.84. The topological polar surface area (TPSA) is 50.7 Å². The van der Waals surface area contributed by atoms with Crippen molar-refractivity contribution < 1.29 is 0 Å². The van der Waals surface area contributed by atoms with Gasteiger partial charge in [-0.25, -0.2) is 9.98 Å². The molecule has 0 radical (unpaired) electrons. The molecule has 0 fully saturated rings. The number of nitrogens with two attached hydrogens (primary N) is 1. The van der Waals surface area contributed by atoms with E-state index in [1.165, 1.54) is 0 Å². The maximum Gasteiger partial charge on any atom is 0.160 e. The van der Waals surface area contributed by atoms with E-state index >= 15 is 0 Å². The second-order valence-corrected chi connectivity index (χ2v) is 3.16. The molecule has 74 valence electrons. The zero-order valence-corrected chi connectivity index (χ0v) is 8.22. The number of benzene rings is 1. The normalized spacial score (nSPS) is 15.6. The van der Waals surface area contributed by atoms with E-state index < -0.39 is 0 Å². The zero-order valence-electron chi connectivity index (χ0n) is 8.22. The highest BCUT2D eigenvalue weighted by molar-refractivity contribution is 6.12. The summed E-state index contributed by atoms with van der Waals surface area (Å²) in [4.78, 5) is 8.26. The molecule has 2 rings (SSSR count). The molecule has 1 aliphatic heterocycles. The van der Waals surface area contributed by atoms with Gasteiger partial charge in [0.15, 0.2) is 5.84 Å². The predicted octanol–water partition coefficient (Wildman–Crippen LogP) is 1.87. The summed E-state index contributed by atoms with van der Waals surface area (Å²) in [7, 11) is 0. The van der Waals surface area contributed by atoms with Crippen molar-refractivity contribution in [3.63, 3.8) is 0 Å². The van der Waals surface area contributed by atoms with Crippen LogP contribution in [0.2, 0.25) is 0 Å². The molecule has 0 saturated carbocycles. The van der Waals surface area contributed by atoms with E-state index in [1.807, 2.05) is 30.3 Å². The van der Waals surface area contributed by atoms with Gasteiger partial charge in [-0.15, -0.1) is 0 Å². The molecule has 1 heterocycles. The lowest BCUT2D eigenvalue weighted by Gasteiger charge is -2.00. The fourth-order valence-electron chi connectivity index (χ4n) is 1.24. The molecule has 15 heavy (non-hydrogen) atoms. The van der Waals surface area contributed by atoms with Crippen LogP contribution in [0.1, 0.15) is 5.56 Å². The zero-order chi connectivity index (χ0) is 10.7. The third-order valence-corrected chi connectivity index (χ3v) is 2.06. The smallest absolute Gasteiger partial charge is 0.160 e. The van der Waals surface area contributed by atoms with Gasteiger partial charge in [0.1, 0.15) is 5.84 Å². The van der Waals surface area contributed by atoms with Gasteiger partial charge in [0.05, 0.1) is 0 Å². The maximum absolute atomic E-state index is 5.84. The molecule has 1 aromatic rings. The molecule has 3 heteroatoms. The molecule has 0 amide bonds. The Balaban J connectivity index is 2.26. The second-order valence-electron chi connectivity index (χ2n) is 3.16. The van der Waals surface area contributed by atoms with Crippen LogP contribution in [-0.2, 0) is 0 Å². The Labute approximate surface area is 88.4 Å². The minimum Gasteiger partial charge on any atom is -0.383 e. The second kappa shape index (κ2) is 3.92. The highest BCUT2D eigenvalue weighted by Gasteiger charge is 2.06. The van der Waals surface area contributed by atoms with Crippen LogP contribution < -0.4 is 5.73 Å². The Kier molecular flexibility index (Phi) is 2.46. The lowest BCUT2D eigenvalue weighted by Crippen LogP contribution is -2.15. The average molecular weight is 197 g/mol. The molecular weight excluding hydrogens is 186 g/mol. The third-order valence-electron chi connectivity index (χ3n) is 2.06. The molecule has 1 aromatic carbocycles. The highest BCUT2D eigenvalue weighted by Crippen LogP contribution is 2.08. The molecule has 0 saturated heterocycles. The van der Waals surface area contributed by atoms with Crippen molar-refractivity contribution in [1.82, 2.24) is 0 Å². The van der Waals surface area contributed by atoms with Gasteiger partial charge in [0.2, 0.25) is 0 Å². The van der Waals surface area contributed by atoms with Gasteiger partial charge < -0.3 is 5.73 Å². The molecule has 3 nitrogen and oxygen atoms in total. The quantitative estimate of drug-likeness (QED) is 0.542. The molecule has 0 spiro atoms. The van der Waals surface area contributed by atoms with Gasteiger partial charge >= 0.3 is 0 Å². The number of hydrogen-bond acceptors (Lipinski definition) is 2. The van der Waals surface area contributed by atoms with Crippen molar-refractivity contribution in [2.45, 2.75) is 0 Å². The first-order chi connectivity index (χ1) is 7.27. The summed E-state index contributed by atoms with van der Waals surface area (Å²) in [6.07, 6.45) is 3.47. The first kappa shape index (κ1) is 9.40. The molecule has 0 aromatic heterocycles. The first-order valence-corrected chi connectivity index (χ1v) is 4.60. The van der Waals surface area contributed by atoms with Crippen LogP contribution in [0.5, 0.6) is 0 Å². The van der Waals surface area contributed by atoms with Crippen LogP contribution >= 0.6 is 0 Å². The summed E-state index contributed by atoms with van der Waals surface area (Å²) in [5.74, 6) is 1.04. The molecule has 0 unspecified atom stereocenters. The Hall–Kier alpha value is -2.16. The van der Waals surface area contributed by atoms with E-state index in [0.717, 1.165) is 11.1 Å². The SMILES string of the molecule is C=C1C=CN=C1N=C(N)c1ccccc1. The van der Waals surface area contributed by atoms with Gasteiger partial charge in [-0.2, -0.15) is 0 Å². The summed E-state index contributed by atoms with van der Waals surface area (Å²) in [6.45, 7) is 3.80. The Morgan fingerprint density at radius 2 is 2.00 bits per heavy atom. The van der Waals surface area contributed by atoms with Crippen LogP contribution in [0, 0.1) is 0 Å². The molecule has 0 atom stereocenters. The summed E-state index contributed by atoms with van der Waals surface area (Å²) >= 11 is 0. The van der Waals surface area contributed by atoms with Crippen molar-refractivity contribution >= 4 is 11.7 Å². The number of rotatable bonds is 1. The van der Waals surface area contributed by atoms with E-state index in [4.69, 9.17) is 5.73 Å². The van der Waals surface area contributed by atoms with Crippen molar-refractivity contribution in [3.8, 4) is 0 Å². The van der Waals surface area contributed by atoms with E-state index in [-0.39, 0.29) is 0 Å². The molecule has 1 aliphatic rings. The van der Waals surface area contributed by atoms with Gasteiger partial charge in [-0.1, -0.05) is 36.9 Å². The van der Waals surface area contributed by atoms with Crippen molar-refractivity contribution in [1.29, 1.82) is 0 Å². The summed E-state index contributed by atoms with van der Waals surface area (Å²) in [5.41, 5.74) is 7.51. The van der Waals surface area contributed by atoms with Crippen LogP contribution in [0.25, 0.3) is 0 Å². The van der Waals surface area contributed by atoms with Crippen molar-refractivity contribution in [3.05, 3.63) is 60.3 Å². The summed E-state index contributed by atoms with van der Waals surface area (Å²) in [5, 5.41) is 0. The number of nitrogens with zero attached hydrogens (tertiary/aromatic N) is 2. The fraction of sp³-hybridized carbons (Fsp3) is 0.